The molecule has 1 aromatic carbocycles. The first kappa shape index (κ1) is 18.5. The molecule has 0 spiro atoms. The number of aliphatic hydroxyl groups is 1. The third kappa shape index (κ3) is 3.26. The zero-order valence-electron chi connectivity index (χ0n) is 16.1. The van der Waals surface area contributed by atoms with Gasteiger partial charge in [-0.3, -0.25) is 9.13 Å². The minimum Gasteiger partial charge on any atom is -0.396 e. The number of aryl methyl sites for hydroxylation is 1. The summed E-state index contributed by atoms with van der Waals surface area (Å²) in [5.74, 6) is 0. The summed E-state index contributed by atoms with van der Waals surface area (Å²) >= 11 is 6.10. The number of benzene rings is 1. The van der Waals surface area contributed by atoms with Crippen molar-refractivity contribution in [1.82, 2.24) is 18.7 Å². The lowest BCUT2D eigenvalue weighted by atomic mass is 10.3. The van der Waals surface area contributed by atoms with Crippen molar-refractivity contribution in [2.75, 3.05) is 6.61 Å². The van der Waals surface area contributed by atoms with Crippen LogP contribution in [0.2, 0.25) is 5.15 Å². The highest BCUT2D eigenvalue weighted by atomic mass is 35.5. The molecule has 4 aromatic rings. The van der Waals surface area contributed by atoms with Crippen molar-refractivity contribution >= 4 is 33.7 Å². The van der Waals surface area contributed by atoms with E-state index < -0.39 is 0 Å². The van der Waals surface area contributed by atoms with Crippen molar-refractivity contribution in [2.45, 2.75) is 44.8 Å². The maximum atomic E-state index is 13.3. The number of rotatable bonds is 7. The van der Waals surface area contributed by atoms with Crippen LogP contribution in [0.3, 0.4) is 0 Å². The van der Waals surface area contributed by atoms with Gasteiger partial charge in [0.05, 0.1) is 28.6 Å². The van der Waals surface area contributed by atoms with Gasteiger partial charge >= 0.3 is 5.69 Å². The van der Waals surface area contributed by atoms with Gasteiger partial charge in [-0.2, -0.15) is 0 Å². The molecule has 1 aliphatic rings. The van der Waals surface area contributed by atoms with Crippen LogP contribution in [-0.2, 0) is 13.1 Å². The number of hydrogen-bond donors (Lipinski definition) is 1. The van der Waals surface area contributed by atoms with Crippen molar-refractivity contribution in [3.63, 3.8) is 0 Å². The van der Waals surface area contributed by atoms with Crippen molar-refractivity contribution in [2.24, 2.45) is 0 Å². The van der Waals surface area contributed by atoms with Gasteiger partial charge in [0.1, 0.15) is 5.15 Å². The molecule has 1 N–H and O–H groups in total. The molecule has 29 heavy (non-hydrogen) atoms. The molecule has 0 unspecified atom stereocenters. The molecule has 3 aromatic heterocycles. The molecule has 1 fully saturated rings. The molecular formula is C22H23ClN4O2. The van der Waals surface area contributed by atoms with Gasteiger partial charge in [-0.25, -0.2) is 9.78 Å². The second kappa shape index (κ2) is 7.35. The molecule has 0 amide bonds. The van der Waals surface area contributed by atoms with Gasteiger partial charge in [-0.1, -0.05) is 23.7 Å². The van der Waals surface area contributed by atoms with Crippen molar-refractivity contribution in [1.29, 1.82) is 0 Å². The largest absolute Gasteiger partial charge is 0.396 e. The number of aliphatic hydroxyl groups excluding tert-OH is 1. The van der Waals surface area contributed by atoms with Crippen molar-refractivity contribution in [3.05, 3.63) is 63.8 Å². The molecule has 6 nitrogen and oxygen atoms in total. The predicted octanol–water partition coefficient (Wildman–Crippen LogP) is 3.96. The van der Waals surface area contributed by atoms with Gasteiger partial charge in [-0.15, -0.1) is 0 Å². The van der Waals surface area contributed by atoms with Crippen LogP contribution in [-0.4, -0.2) is 30.4 Å². The number of hydrogen-bond acceptors (Lipinski definition) is 3. The quantitative estimate of drug-likeness (QED) is 0.370. The van der Waals surface area contributed by atoms with Crippen LogP contribution in [0, 0.1) is 0 Å². The summed E-state index contributed by atoms with van der Waals surface area (Å²) in [6.45, 7) is 1.41. The minimum absolute atomic E-state index is 0.0480. The number of unbranched alkanes of at least 4 members (excludes halogenated alkanes) is 1. The molecule has 1 aliphatic carbocycles. The van der Waals surface area contributed by atoms with Crippen LogP contribution in [0.15, 0.2) is 47.3 Å². The van der Waals surface area contributed by atoms with E-state index in [1.165, 1.54) is 0 Å². The number of para-hydroxylation sites is 2. The van der Waals surface area contributed by atoms with E-state index in [1.807, 2.05) is 45.5 Å². The van der Waals surface area contributed by atoms with Crippen molar-refractivity contribution < 1.29 is 5.11 Å². The summed E-state index contributed by atoms with van der Waals surface area (Å²) in [5, 5.41) is 9.63. The highest BCUT2D eigenvalue weighted by Crippen LogP contribution is 2.36. The highest BCUT2D eigenvalue weighted by molar-refractivity contribution is 6.29. The molecule has 0 bridgehead atoms. The van der Waals surface area contributed by atoms with Crippen molar-refractivity contribution in [3.8, 4) is 0 Å². The Hall–Kier alpha value is -2.57. The number of aromatic nitrogens is 4. The lowest BCUT2D eigenvalue weighted by Crippen LogP contribution is -2.25. The van der Waals surface area contributed by atoms with Gasteiger partial charge in [0.2, 0.25) is 0 Å². The summed E-state index contributed by atoms with van der Waals surface area (Å²) in [6, 6.07) is 14.1. The third-order valence-electron chi connectivity index (χ3n) is 5.70. The van der Waals surface area contributed by atoms with Crippen LogP contribution in [0.1, 0.15) is 37.4 Å². The fourth-order valence-corrected chi connectivity index (χ4v) is 4.33. The maximum Gasteiger partial charge on any atom is 0.329 e. The maximum absolute atomic E-state index is 13.3. The van der Waals surface area contributed by atoms with E-state index in [1.54, 1.807) is 6.07 Å². The summed E-state index contributed by atoms with van der Waals surface area (Å²) in [6.07, 6.45) is 3.73. The summed E-state index contributed by atoms with van der Waals surface area (Å²) in [7, 11) is 0. The number of fused-ring (bicyclic) bond motifs is 2. The topological polar surface area (TPSA) is 65.0 Å². The molecule has 3 heterocycles. The molecule has 1 saturated carbocycles. The first-order valence-electron chi connectivity index (χ1n) is 10.1. The molecule has 0 radical (unpaired) electrons. The van der Waals surface area contributed by atoms with Crippen LogP contribution >= 0.6 is 11.6 Å². The number of imidazole rings is 1. The van der Waals surface area contributed by atoms with E-state index in [4.69, 9.17) is 11.6 Å². The van der Waals surface area contributed by atoms with E-state index in [2.05, 4.69) is 9.55 Å². The molecule has 0 saturated heterocycles. The molecule has 0 atom stereocenters. The SMILES string of the molecule is O=c1n(Cc2cc3nc(Cl)ccc3n2CCCCO)c2ccccc2n1C1CC1. The normalized spacial score (nSPS) is 14.3. The Morgan fingerprint density at radius 3 is 2.59 bits per heavy atom. The van der Waals surface area contributed by atoms with Gasteiger partial charge in [0, 0.05) is 24.9 Å². The highest BCUT2D eigenvalue weighted by Gasteiger charge is 2.29. The fraction of sp³-hybridized carbons (Fsp3) is 0.364. The third-order valence-corrected chi connectivity index (χ3v) is 5.91. The Labute approximate surface area is 173 Å². The summed E-state index contributed by atoms with van der Waals surface area (Å²) in [4.78, 5) is 17.7. The van der Waals surface area contributed by atoms with Crippen LogP contribution in [0.25, 0.3) is 22.1 Å². The Morgan fingerprint density at radius 2 is 1.83 bits per heavy atom. The van der Waals surface area contributed by atoms with Gasteiger partial charge < -0.3 is 9.67 Å². The first-order valence-corrected chi connectivity index (χ1v) is 10.5. The van der Waals surface area contributed by atoms with Gasteiger partial charge in [0.25, 0.3) is 0 Å². The molecule has 0 aliphatic heterocycles. The van der Waals surface area contributed by atoms with E-state index in [0.717, 1.165) is 60.0 Å². The standard InChI is InChI=1S/C22H23ClN4O2/c23-21-10-9-18-17(24-21)13-16(25(18)11-3-4-12-28)14-26-19-5-1-2-6-20(19)27(22(26)29)15-7-8-15/h1-2,5-6,9-10,13,15,28H,3-4,7-8,11-12,14H2. The average Bonchev–Trinajstić information content (AvgIpc) is 3.44. The smallest absolute Gasteiger partial charge is 0.329 e. The average molecular weight is 411 g/mol. The van der Waals surface area contributed by atoms with E-state index in [9.17, 15) is 9.90 Å². The molecule has 150 valence electrons. The Bertz CT molecular complexity index is 1250. The van der Waals surface area contributed by atoms with Gasteiger partial charge in [-0.05, 0) is 56.0 Å². The zero-order valence-corrected chi connectivity index (χ0v) is 16.8. The number of nitrogens with zero attached hydrogens (tertiary/aromatic N) is 4. The molecule has 7 heteroatoms. The first-order chi connectivity index (χ1) is 14.2. The number of halogens is 1. The molecular weight excluding hydrogens is 388 g/mol. The van der Waals surface area contributed by atoms with E-state index in [0.29, 0.717) is 17.7 Å². The monoisotopic (exact) mass is 410 g/mol. The summed E-state index contributed by atoms with van der Waals surface area (Å²) < 4.78 is 6.01. The van der Waals surface area contributed by atoms with Gasteiger partial charge in [0.15, 0.2) is 0 Å². The molecule has 5 rings (SSSR count). The lowest BCUT2D eigenvalue weighted by Gasteiger charge is -2.11. The Balaban J connectivity index is 1.63. The lowest BCUT2D eigenvalue weighted by molar-refractivity contribution is 0.281. The zero-order chi connectivity index (χ0) is 20.0. The summed E-state index contributed by atoms with van der Waals surface area (Å²) in [5.41, 5.74) is 4.86. The van der Waals surface area contributed by atoms with Crippen LogP contribution in [0.4, 0.5) is 0 Å². The number of pyridine rings is 1. The fourth-order valence-electron chi connectivity index (χ4n) is 4.18. The second-order valence-corrected chi connectivity index (χ2v) is 8.10. The van der Waals surface area contributed by atoms with Crippen LogP contribution in [0.5, 0.6) is 0 Å². The van der Waals surface area contributed by atoms with E-state index in [-0.39, 0.29) is 12.3 Å². The predicted molar refractivity (Wildman–Crippen MR) is 115 cm³/mol. The van der Waals surface area contributed by atoms with E-state index >= 15 is 0 Å². The Kier molecular flexibility index (Phi) is 4.68. The van der Waals surface area contributed by atoms with Crippen LogP contribution < -0.4 is 5.69 Å². The minimum atomic E-state index is 0.0480. The second-order valence-electron chi connectivity index (χ2n) is 7.71. The Morgan fingerprint density at radius 1 is 1.03 bits per heavy atom.